The van der Waals surface area contributed by atoms with Gasteiger partial charge in [0.2, 0.25) is 0 Å². The van der Waals surface area contributed by atoms with Gasteiger partial charge in [-0.15, -0.1) is 0 Å². The van der Waals surface area contributed by atoms with Crippen molar-refractivity contribution in [1.82, 2.24) is 5.16 Å². The van der Waals surface area contributed by atoms with Crippen LogP contribution < -0.4 is 0 Å². The first kappa shape index (κ1) is 21.1. The molecule has 152 valence electrons. The number of carbonyl (C=O) groups is 1. The van der Waals surface area contributed by atoms with E-state index >= 15 is 0 Å². The molecule has 28 heavy (non-hydrogen) atoms. The molecule has 3 rings (SSSR count). The summed E-state index contributed by atoms with van der Waals surface area (Å²) >= 11 is 6.27. The van der Waals surface area contributed by atoms with Gasteiger partial charge < -0.3 is 4.52 Å². The lowest BCUT2D eigenvalue weighted by Gasteiger charge is -2.17. The van der Waals surface area contributed by atoms with Crippen molar-refractivity contribution < 1.29 is 9.32 Å². The fourth-order valence-electron chi connectivity index (χ4n) is 3.70. The summed E-state index contributed by atoms with van der Waals surface area (Å²) in [4.78, 5) is 12.5. The largest absolute Gasteiger partial charge is 0.361 e. The molecule has 0 aliphatic heterocycles. The lowest BCUT2D eigenvalue weighted by Crippen LogP contribution is -2.06. The maximum absolute atomic E-state index is 12.5. The van der Waals surface area contributed by atoms with Gasteiger partial charge in [0, 0.05) is 36.3 Å². The Balaban J connectivity index is 1.58. The predicted octanol–water partition coefficient (Wildman–Crippen LogP) is 6.63. The molecular weight excluding hydrogens is 370 g/mol. The molecule has 0 radical (unpaired) electrons. The van der Waals surface area contributed by atoms with Gasteiger partial charge >= 0.3 is 0 Å². The second kappa shape index (κ2) is 8.82. The zero-order valence-corrected chi connectivity index (χ0v) is 18.4. The smallest absolute Gasteiger partial charge is 0.140 e. The summed E-state index contributed by atoms with van der Waals surface area (Å²) in [6.07, 6.45) is 7.19. The molecule has 1 aromatic heterocycles. The second-order valence-electron chi connectivity index (χ2n) is 9.46. The first-order valence-electron chi connectivity index (χ1n) is 10.5. The average Bonchev–Trinajstić information content (AvgIpc) is 3.36. The Morgan fingerprint density at radius 3 is 2.64 bits per heavy atom. The topological polar surface area (TPSA) is 43.1 Å². The summed E-state index contributed by atoms with van der Waals surface area (Å²) in [7, 11) is 0. The van der Waals surface area contributed by atoms with Crippen LogP contribution in [0.3, 0.4) is 0 Å². The van der Waals surface area contributed by atoms with Gasteiger partial charge in [-0.25, -0.2) is 0 Å². The number of halogens is 1. The number of rotatable bonds is 9. The highest BCUT2D eigenvalue weighted by atomic mass is 35.5. The van der Waals surface area contributed by atoms with E-state index in [1.165, 1.54) is 24.8 Å². The van der Waals surface area contributed by atoms with Gasteiger partial charge in [0.1, 0.15) is 11.5 Å². The Labute approximate surface area is 173 Å². The van der Waals surface area contributed by atoms with Gasteiger partial charge in [-0.3, -0.25) is 4.79 Å². The summed E-state index contributed by atoms with van der Waals surface area (Å²) in [5.41, 5.74) is 4.65. The molecule has 1 aromatic carbocycles. The number of ketones is 1. The summed E-state index contributed by atoms with van der Waals surface area (Å²) in [6.45, 7) is 8.81. The van der Waals surface area contributed by atoms with Gasteiger partial charge in [0.05, 0.1) is 5.69 Å². The van der Waals surface area contributed by atoms with Crippen LogP contribution in [0.5, 0.6) is 0 Å². The number of nitrogens with zero attached hydrogens (tertiary/aromatic N) is 1. The minimum atomic E-state index is 0.199. The molecule has 1 heterocycles. The second-order valence-corrected chi connectivity index (χ2v) is 9.87. The molecule has 0 N–H and O–H groups in total. The van der Waals surface area contributed by atoms with Crippen LogP contribution >= 0.6 is 11.6 Å². The van der Waals surface area contributed by atoms with Crippen LogP contribution in [0, 0.1) is 12.3 Å². The van der Waals surface area contributed by atoms with Gasteiger partial charge in [-0.2, -0.15) is 0 Å². The Kier molecular flexibility index (Phi) is 6.65. The molecular formula is C24H32ClNO2. The van der Waals surface area contributed by atoms with Crippen molar-refractivity contribution in [2.75, 3.05) is 0 Å². The van der Waals surface area contributed by atoms with Crippen LogP contribution in [0.4, 0.5) is 0 Å². The fraction of sp³-hybridized carbons (Fsp3) is 0.583. The SMILES string of the molecule is Cc1ccc(CC(=O)CCc2noc(CCCC(C)(C)C)c2C2CC2)c(Cl)c1. The maximum Gasteiger partial charge on any atom is 0.140 e. The predicted molar refractivity (Wildman–Crippen MR) is 114 cm³/mol. The third-order valence-corrected chi connectivity index (χ3v) is 5.78. The summed E-state index contributed by atoms with van der Waals surface area (Å²) in [5.74, 6) is 1.84. The molecule has 3 nitrogen and oxygen atoms in total. The number of hydrogen-bond donors (Lipinski definition) is 0. The lowest BCUT2D eigenvalue weighted by atomic mass is 9.89. The molecule has 0 saturated heterocycles. The zero-order valence-electron chi connectivity index (χ0n) is 17.6. The average molecular weight is 402 g/mol. The summed E-state index contributed by atoms with van der Waals surface area (Å²) < 4.78 is 5.71. The first-order chi connectivity index (χ1) is 13.2. The number of aryl methyl sites for hydroxylation is 3. The van der Waals surface area contributed by atoms with Gasteiger partial charge in [0.15, 0.2) is 0 Å². The van der Waals surface area contributed by atoms with E-state index in [-0.39, 0.29) is 5.78 Å². The van der Waals surface area contributed by atoms with Crippen molar-refractivity contribution in [1.29, 1.82) is 0 Å². The zero-order chi connectivity index (χ0) is 20.3. The molecule has 1 aliphatic carbocycles. The molecule has 2 aromatic rings. The molecule has 1 saturated carbocycles. The monoisotopic (exact) mass is 401 g/mol. The normalized spacial score (nSPS) is 14.5. The highest BCUT2D eigenvalue weighted by molar-refractivity contribution is 6.31. The Hall–Kier alpha value is -1.61. The number of aromatic nitrogens is 1. The molecule has 1 fully saturated rings. The molecule has 0 amide bonds. The quantitative estimate of drug-likeness (QED) is 0.473. The van der Waals surface area contributed by atoms with E-state index in [4.69, 9.17) is 16.1 Å². The van der Waals surface area contributed by atoms with Crippen LogP contribution in [0.15, 0.2) is 22.7 Å². The van der Waals surface area contributed by atoms with Crippen molar-refractivity contribution in [3.05, 3.63) is 51.4 Å². The van der Waals surface area contributed by atoms with Crippen molar-refractivity contribution in [2.24, 2.45) is 5.41 Å². The van der Waals surface area contributed by atoms with Crippen molar-refractivity contribution in [2.45, 2.75) is 85.0 Å². The Morgan fingerprint density at radius 1 is 1.25 bits per heavy atom. The number of benzene rings is 1. The van der Waals surface area contributed by atoms with E-state index in [0.29, 0.717) is 35.6 Å². The van der Waals surface area contributed by atoms with E-state index in [2.05, 4.69) is 25.9 Å². The van der Waals surface area contributed by atoms with E-state index in [1.807, 2.05) is 25.1 Å². The number of hydrogen-bond acceptors (Lipinski definition) is 3. The van der Waals surface area contributed by atoms with Crippen LogP contribution in [-0.4, -0.2) is 10.9 Å². The third-order valence-electron chi connectivity index (χ3n) is 5.43. The minimum Gasteiger partial charge on any atom is -0.361 e. The summed E-state index contributed by atoms with van der Waals surface area (Å²) in [6, 6.07) is 5.87. The van der Waals surface area contributed by atoms with Crippen molar-refractivity contribution in [3.8, 4) is 0 Å². The highest BCUT2D eigenvalue weighted by Gasteiger charge is 2.32. The molecule has 0 spiro atoms. The van der Waals surface area contributed by atoms with Crippen LogP contribution in [0.25, 0.3) is 0 Å². The molecule has 0 unspecified atom stereocenters. The van der Waals surface area contributed by atoms with Gasteiger partial charge in [-0.1, -0.05) is 49.7 Å². The Morgan fingerprint density at radius 2 is 2.00 bits per heavy atom. The maximum atomic E-state index is 12.5. The summed E-state index contributed by atoms with van der Waals surface area (Å²) in [5, 5.41) is 5.02. The lowest BCUT2D eigenvalue weighted by molar-refractivity contribution is -0.118. The van der Waals surface area contributed by atoms with Gasteiger partial charge in [-0.05, 0) is 61.1 Å². The van der Waals surface area contributed by atoms with E-state index < -0.39 is 0 Å². The minimum absolute atomic E-state index is 0.199. The van der Waals surface area contributed by atoms with Crippen LogP contribution in [-0.2, 0) is 24.1 Å². The standard InChI is InChI=1S/C24H32ClNO2/c1-16-7-8-18(20(25)14-16)15-19(27)11-12-21-23(17-9-10-17)22(28-26-21)6-5-13-24(2,3)4/h7-8,14,17H,5-6,9-13,15H2,1-4H3. The third kappa shape index (κ3) is 5.94. The highest BCUT2D eigenvalue weighted by Crippen LogP contribution is 2.44. The van der Waals surface area contributed by atoms with Crippen molar-refractivity contribution >= 4 is 17.4 Å². The number of Topliss-reactive ketones (excluding diaryl/α,β-unsaturated/α-hetero) is 1. The first-order valence-corrected chi connectivity index (χ1v) is 10.8. The fourth-order valence-corrected chi connectivity index (χ4v) is 4.00. The molecule has 0 atom stereocenters. The van der Waals surface area contributed by atoms with E-state index in [0.717, 1.165) is 35.4 Å². The number of carbonyl (C=O) groups excluding carboxylic acids is 1. The molecule has 4 heteroatoms. The van der Waals surface area contributed by atoms with Crippen LogP contribution in [0.1, 0.15) is 86.9 Å². The van der Waals surface area contributed by atoms with E-state index in [9.17, 15) is 4.79 Å². The van der Waals surface area contributed by atoms with Gasteiger partial charge in [0.25, 0.3) is 0 Å². The molecule has 0 bridgehead atoms. The van der Waals surface area contributed by atoms with Crippen LogP contribution in [0.2, 0.25) is 5.02 Å². The van der Waals surface area contributed by atoms with Crippen molar-refractivity contribution in [3.63, 3.8) is 0 Å². The Bertz CT molecular complexity index is 828. The molecule has 1 aliphatic rings. The van der Waals surface area contributed by atoms with E-state index in [1.54, 1.807) is 0 Å².